The van der Waals surface area contributed by atoms with Crippen molar-refractivity contribution in [1.82, 2.24) is 19.8 Å². The number of benzene rings is 1. The number of ether oxygens (including phenoxy) is 3. The van der Waals surface area contributed by atoms with Crippen LogP contribution in [0.3, 0.4) is 0 Å². The fraction of sp³-hybridized carbons (Fsp3) is 0.600. The van der Waals surface area contributed by atoms with Crippen molar-refractivity contribution in [1.29, 1.82) is 5.26 Å². The number of hydrogen-bond donors (Lipinski definition) is 1. The summed E-state index contributed by atoms with van der Waals surface area (Å²) in [5.74, 6) is -0.797. The Hall–Kier alpha value is -4.22. The molecule has 1 saturated carbocycles. The lowest BCUT2D eigenvalue weighted by Crippen LogP contribution is -2.50. The van der Waals surface area contributed by atoms with Crippen LogP contribution in [-0.2, 0) is 19.8 Å². The number of likely N-dealkylation sites (tertiary alicyclic amines) is 2. The molecule has 0 bridgehead atoms. The third kappa shape index (κ3) is 8.55. The summed E-state index contributed by atoms with van der Waals surface area (Å²) in [5, 5.41) is 13.9. The standard InChI is InChI=1S/C35H45ClFN7O6/c1-21(27-17-22(37)20-43(27)5)47-28-19-29(48-24-12-16-44(23(18-24)11-15-38)33(46)49-34(2,3)4)41-31(40-28)30(39)42-50-32(45)35(13-8-14-35)25-9-6-7-10-26(25)36/h6-7,9-10,19,21-24,27H,8,11-14,16-18,20H2,1-5H3,(H2,39,42)/t21-,22+,23+,24-,27-/m0/s1. The van der Waals surface area contributed by atoms with Gasteiger partial charge in [0.2, 0.25) is 23.4 Å². The molecule has 2 aromatic rings. The third-order valence-corrected chi connectivity index (χ3v) is 9.76. The number of rotatable bonds is 10. The van der Waals surface area contributed by atoms with E-state index in [-0.39, 0.29) is 35.9 Å². The Labute approximate surface area is 296 Å². The summed E-state index contributed by atoms with van der Waals surface area (Å²) in [4.78, 5) is 44.0. The number of alkyl halides is 1. The van der Waals surface area contributed by atoms with Gasteiger partial charge in [-0.05, 0) is 65.6 Å². The van der Waals surface area contributed by atoms with Crippen LogP contribution in [0.4, 0.5) is 9.18 Å². The molecule has 2 saturated heterocycles. The fourth-order valence-electron chi connectivity index (χ4n) is 6.76. The van der Waals surface area contributed by atoms with Crippen LogP contribution >= 0.6 is 11.6 Å². The molecule has 15 heteroatoms. The number of oxime groups is 1. The Morgan fingerprint density at radius 2 is 1.94 bits per heavy atom. The molecule has 270 valence electrons. The summed E-state index contributed by atoms with van der Waals surface area (Å²) in [6.07, 6.45) is 0.750. The monoisotopic (exact) mass is 713 g/mol. The zero-order valence-corrected chi connectivity index (χ0v) is 29.9. The number of halogens is 2. The fourth-order valence-corrected chi connectivity index (χ4v) is 7.07. The van der Waals surface area contributed by atoms with Crippen molar-refractivity contribution >= 4 is 29.5 Å². The first kappa shape index (κ1) is 37.0. The number of carbonyl (C=O) groups is 2. The lowest BCUT2D eigenvalue weighted by atomic mass is 9.64. The van der Waals surface area contributed by atoms with Gasteiger partial charge in [0.25, 0.3) is 0 Å². The second kappa shape index (κ2) is 15.3. The summed E-state index contributed by atoms with van der Waals surface area (Å²) in [7, 11) is 1.84. The second-order valence-electron chi connectivity index (χ2n) is 14.3. The normalized spacial score (nSPS) is 24.4. The van der Waals surface area contributed by atoms with Gasteiger partial charge in [-0.15, -0.1) is 0 Å². The molecule has 13 nitrogen and oxygen atoms in total. The van der Waals surface area contributed by atoms with Gasteiger partial charge in [0, 0.05) is 37.0 Å². The Bertz CT molecular complexity index is 1630. The highest BCUT2D eigenvalue weighted by Gasteiger charge is 2.49. The molecule has 5 rings (SSSR count). The van der Waals surface area contributed by atoms with Crippen LogP contribution in [0.2, 0.25) is 5.02 Å². The maximum Gasteiger partial charge on any atom is 0.410 e. The number of hydrogen-bond acceptors (Lipinski definition) is 11. The van der Waals surface area contributed by atoms with Crippen molar-refractivity contribution in [2.24, 2.45) is 10.9 Å². The molecule has 3 fully saturated rings. The maximum atomic E-state index is 14.2. The molecule has 50 heavy (non-hydrogen) atoms. The number of likely N-dealkylation sites (N-methyl/N-ethyl adjacent to an activating group) is 1. The number of nitriles is 1. The second-order valence-corrected chi connectivity index (χ2v) is 14.7. The minimum absolute atomic E-state index is 0.0884. The quantitative estimate of drug-likeness (QED) is 0.147. The molecule has 0 radical (unpaired) electrons. The average Bonchev–Trinajstić information content (AvgIpc) is 3.37. The summed E-state index contributed by atoms with van der Waals surface area (Å²) in [5.41, 5.74) is 5.35. The van der Waals surface area contributed by atoms with Crippen LogP contribution in [0, 0.1) is 11.3 Å². The van der Waals surface area contributed by atoms with Gasteiger partial charge < -0.3 is 29.7 Å². The van der Waals surface area contributed by atoms with E-state index in [4.69, 9.17) is 36.4 Å². The van der Waals surface area contributed by atoms with E-state index in [0.29, 0.717) is 55.8 Å². The number of amidine groups is 1. The van der Waals surface area contributed by atoms with E-state index in [9.17, 15) is 19.2 Å². The first-order valence-corrected chi connectivity index (χ1v) is 17.3. The maximum absolute atomic E-state index is 14.2. The molecule has 5 atom stereocenters. The Morgan fingerprint density at radius 3 is 2.56 bits per heavy atom. The molecule has 3 aliphatic rings. The lowest BCUT2D eigenvalue weighted by Gasteiger charge is -2.39. The highest BCUT2D eigenvalue weighted by atomic mass is 35.5. The van der Waals surface area contributed by atoms with E-state index in [0.717, 1.165) is 6.42 Å². The van der Waals surface area contributed by atoms with Gasteiger partial charge in [0.1, 0.15) is 24.0 Å². The van der Waals surface area contributed by atoms with Crippen LogP contribution in [0.5, 0.6) is 11.8 Å². The van der Waals surface area contributed by atoms with Crippen molar-refractivity contribution in [3.05, 3.63) is 46.7 Å². The molecule has 1 aromatic heterocycles. The highest BCUT2D eigenvalue weighted by molar-refractivity contribution is 6.31. The van der Waals surface area contributed by atoms with Crippen LogP contribution in [0.15, 0.2) is 35.5 Å². The molecule has 1 aliphatic carbocycles. The van der Waals surface area contributed by atoms with E-state index in [1.54, 1.807) is 43.9 Å². The van der Waals surface area contributed by atoms with Crippen molar-refractivity contribution in [3.63, 3.8) is 0 Å². The molecule has 0 spiro atoms. The van der Waals surface area contributed by atoms with Crippen molar-refractivity contribution in [2.75, 3.05) is 20.1 Å². The van der Waals surface area contributed by atoms with Gasteiger partial charge in [-0.25, -0.2) is 14.0 Å². The summed E-state index contributed by atoms with van der Waals surface area (Å²) < 4.78 is 32.2. The van der Waals surface area contributed by atoms with Gasteiger partial charge in [-0.3, -0.25) is 4.90 Å². The van der Waals surface area contributed by atoms with Crippen molar-refractivity contribution in [2.45, 2.75) is 114 Å². The van der Waals surface area contributed by atoms with Gasteiger partial charge in [-0.1, -0.05) is 41.4 Å². The largest absolute Gasteiger partial charge is 0.474 e. The van der Waals surface area contributed by atoms with Crippen LogP contribution in [-0.4, -0.2) is 93.9 Å². The van der Waals surface area contributed by atoms with Gasteiger partial charge in [0.15, 0.2) is 0 Å². The van der Waals surface area contributed by atoms with Crippen molar-refractivity contribution in [3.8, 4) is 17.8 Å². The smallest absolute Gasteiger partial charge is 0.410 e. The van der Waals surface area contributed by atoms with Crippen LogP contribution in [0.25, 0.3) is 0 Å². The number of carbonyl (C=O) groups excluding carboxylic acids is 2. The van der Waals surface area contributed by atoms with Crippen LogP contribution in [0.1, 0.15) is 84.0 Å². The zero-order valence-electron chi connectivity index (χ0n) is 29.1. The Balaban J connectivity index is 1.37. The number of nitrogens with two attached hydrogens (primary N) is 1. The number of amides is 1. The average molecular weight is 714 g/mol. The van der Waals surface area contributed by atoms with Gasteiger partial charge in [-0.2, -0.15) is 15.2 Å². The SMILES string of the molecule is C[C@H](Oc1cc(O[C@H]2CCN(C(=O)OC(C)(C)C)[C@H](CC#N)C2)nc(C(N)=NOC(=O)C2(c3ccccc3Cl)CCC2)n1)[C@@H]1C[C@@H](F)CN1C. The van der Waals surface area contributed by atoms with E-state index < -0.39 is 47.5 Å². The minimum atomic E-state index is -0.967. The predicted molar refractivity (Wildman–Crippen MR) is 182 cm³/mol. The Morgan fingerprint density at radius 1 is 1.22 bits per heavy atom. The predicted octanol–water partition coefficient (Wildman–Crippen LogP) is 5.29. The van der Waals surface area contributed by atoms with E-state index in [2.05, 4.69) is 21.2 Å². The first-order chi connectivity index (χ1) is 23.7. The molecular weight excluding hydrogens is 669 g/mol. The summed E-state index contributed by atoms with van der Waals surface area (Å²) >= 11 is 6.44. The first-order valence-electron chi connectivity index (χ1n) is 16.9. The van der Waals surface area contributed by atoms with Gasteiger partial charge >= 0.3 is 12.1 Å². The topological polar surface area (TPSA) is 165 Å². The molecule has 1 amide bonds. The van der Waals surface area contributed by atoms with Crippen LogP contribution < -0.4 is 15.2 Å². The molecule has 2 N–H and O–H groups in total. The van der Waals surface area contributed by atoms with E-state index in [1.807, 2.05) is 24.9 Å². The minimum Gasteiger partial charge on any atom is -0.474 e. The van der Waals surface area contributed by atoms with E-state index >= 15 is 0 Å². The zero-order chi connectivity index (χ0) is 36.2. The molecule has 3 heterocycles. The van der Waals surface area contributed by atoms with Crippen molar-refractivity contribution < 1.29 is 33.0 Å². The molecule has 1 aromatic carbocycles. The highest BCUT2D eigenvalue weighted by Crippen LogP contribution is 2.47. The summed E-state index contributed by atoms with van der Waals surface area (Å²) in [6.45, 7) is 7.78. The summed E-state index contributed by atoms with van der Waals surface area (Å²) in [6, 6.07) is 10.1. The van der Waals surface area contributed by atoms with Gasteiger partial charge in [0.05, 0.1) is 30.0 Å². The van der Waals surface area contributed by atoms with E-state index in [1.165, 1.54) is 6.07 Å². The lowest BCUT2D eigenvalue weighted by molar-refractivity contribution is -0.154. The molecular formula is C35H45ClFN7O6. The molecule has 2 aliphatic heterocycles. The Kier molecular flexibility index (Phi) is 11.4. The number of piperidine rings is 1. The number of nitrogens with zero attached hydrogens (tertiary/aromatic N) is 6. The third-order valence-electron chi connectivity index (χ3n) is 9.43. The molecule has 0 unspecified atom stereocenters. The number of aromatic nitrogens is 2.